The largest absolute Gasteiger partial charge is 0.426 e. The molecule has 4 heteroatoms. The second-order valence-electron chi connectivity index (χ2n) is 8.20. The average molecular weight is 348 g/mol. The van der Waals surface area contributed by atoms with E-state index in [0.29, 0.717) is 11.5 Å². The van der Waals surface area contributed by atoms with Gasteiger partial charge in [-0.25, -0.2) is 0 Å². The lowest BCUT2D eigenvalue weighted by Gasteiger charge is -2.67. The third kappa shape index (κ3) is 1.52. The summed E-state index contributed by atoms with van der Waals surface area (Å²) in [5.74, 6) is -0.510. The zero-order chi connectivity index (χ0) is 18.4. The van der Waals surface area contributed by atoms with E-state index in [9.17, 15) is 9.59 Å². The van der Waals surface area contributed by atoms with Crippen LogP contribution in [0.5, 0.6) is 11.5 Å². The monoisotopic (exact) mass is 348 g/mol. The van der Waals surface area contributed by atoms with Crippen LogP contribution in [0.4, 0.5) is 0 Å². The second-order valence-corrected chi connectivity index (χ2v) is 8.20. The Kier molecular flexibility index (Phi) is 2.74. The molecule has 0 saturated heterocycles. The summed E-state index contributed by atoms with van der Waals surface area (Å²) in [6, 6.07) is 11.8. The van der Waals surface area contributed by atoms with Gasteiger partial charge >= 0.3 is 11.9 Å². The summed E-state index contributed by atoms with van der Waals surface area (Å²) in [5, 5.41) is 0. The number of carbonyl (C=O) groups is 2. The van der Waals surface area contributed by atoms with Crippen molar-refractivity contribution in [3.05, 3.63) is 58.7 Å². The predicted molar refractivity (Wildman–Crippen MR) is 95.3 cm³/mol. The van der Waals surface area contributed by atoms with Crippen LogP contribution in [0.15, 0.2) is 36.4 Å². The number of carbonyl (C=O) groups excluding carboxylic acids is 2. The molecule has 0 bridgehead atoms. The summed E-state index contributed by atoms with van der Waals surface area (Å²) >= 11 is 0. The fraction of sp³-hybridized carbons (Fsp3) is 0.364. The molecule has 132 valence electrons. The number of hydrogen-bond acceptors (Lipinski definition) is 4. The lowest BCUT2D eigenvalue weighted by Crippen LogP contribution is -2.75. The van der Waals surface area contributed by atoms with Crippen LogP contribution in [0, 0.1) is 25.7 Å². The molecule has 1 fully saturated rings. The van der Waals surface area contributed by atoms with E-state index in [1.165, 1.54) is 0 Å². The molecule has 26 heavy (non-hydrogen) atoms. The molecule has 0 amide bonds. The molecule has 2 aliphatic heterocycles. The highest BCUT2D eigenvalue weighted by molar-refractivity contribution is 5.95. The van der Waals surface area contributed by atoms with Gasteiger partial charge in [0, 0.05) is 22.0 Å². The zero-order valence-electron chi connectivity index (χ0n) is 15.3. The lowest BCUT2D eigenvalue weighted by atomic mass is 9.34. The van der Waals surface area contributed by atoms with Gasteiger partial charge in [0.25, 0.3) is 0 Å². The standard InChI is InChI=1S/C22H20O4/c1-11-5-7-15-13(9-11)21(3)17(19(23)25-15)18-20(24)26-16-8-6-12(2)10-14(16)22(18,21)4/h5-10,17-18H,1-4H3/t17-,18+,21+,22-. The van der Waals surface area contributed by atoms with Crippen LogP contribution in [-0.2, 0) is 20.4 Å². The third-order valence-corrected chi connectivity index (χ3v) is 6.97. The Morgan fingerprint density at radius 2 is 1.12 bits per heavy atom. The van der Waals surface area contributed by atoms with Crippen LogP contribution in [0.1, 0.15) is 36.1 Å². The van der Waals surface area contributed by atoms with Crippen molar-refractivity contribution in [2.45, 2.75) is 38.5 Å². The fourth-order valence-electron chi connectivity index (χ4n) is 5.48. The summed E-state index contributed by atoms with van der Waals surface area (Å²) in [6.07, 6.45) is 0. The number of hydrogen-bond donors (Lipinski definition) is 0. The van der Waals surface area contributed by atoms with Crippen LogP contribution in [0.2, 0.25) is 0 Å². The minimum atomic E-state index is -0.525. The molecule has 0 N–H and O–H groups in total. The Labute approximate surface area is 152 Å². The zero-order valence-corrected chi connectivity index (χ0v) is 15.3. The predicted octanol–water partition coefficient (Wildman–Crippen LogP) is 3.60. The highest BCUT2D eigenvalue weighted by Gasteiger charge is 2.77. The molecule has 1 saturated carbocycles. The van der Waals surface area contributed by atoms with Crippen molar-refractivity contribution < 1.29 is 19.1 Å². The summed E-state index contributed by atoms with van der Waals surface area (Å²) in [4.78, 5) is 25.6. The maximum atomic E-state index is 12.8. The molecule has 0 radical (unpaired) electrons. The van der Waals surface area contributed by atoms with E-state index in [-0.39, 0.29) is 11.9 Å². The molecule has 4 atom stereocenters. The van der Waals surface area contributed by atoms with Gasteiger partial charge in [0.1, 0.15) is 11.5 Å². The molecule has 4 nitrogen and oxygen atoms in total. The van der Waals surface area contributed by atoms with E-state index < -0.39 is 22.7 Å². The number of benzene rings is 2. The Bertz CT molecular complexity index is 926. The van der Waals surface area contributed by atoms with E-state index in [1.54, 1.807) is 0 Å². The number of fused-ring (bicyclic) bond motifs is 8. The normalized spacial score (nSPS) is 33.7. The van der Waals surface area contributed by atoms with Gasteiger partial charge in [-0.3, -0.25) is 9.59 Å². The van der Waals surface area contributed by atoms with E-state index in [0.717, 1.165) is 22.3 Å². The minimum Gasteiger partial charge on any atom is -0.426 e. The van der Waals surface area contributed by atoms with E-state index in [1.807, 2.05) is 38.1 Å². The first-order valence-electron chi connectivity index (χ1n) is 8.94. The van der Waals surface area contributed by atoms with Crippen molar-refractivity contribution in [1.82, 2.24) is 0 Å². The van der Waals surface area contributed by atoms with Gasteiger partial charge in [0.15, 0.2) is 0 Å². The third-order valence-electron chi connectivity index (χ3n) is 6.97. The first-order valence-corrected chi connectivity index (χ1v) is 8.94. The second kappa shape index (κ2) is 4.56. The number of rotatable bonds is 0. The van der Waals surface area contributed by atoms with Crippen molar-refractivity contribution in [2.75, 3.05) is 0 Å². The lowest BCUT2D eigenvalue weighted by molar-refractivity contribution is -0.186. The number of esters is 2. The molecule has 0 unspecified atom stereocenters. The van der Waals surface area contributed by atoms with E-state index in [2.05, 4.69) is 26.0 Å². The molecule has 0 aromatic heterocycles. The minimum absolute atomic E-state index is 0.334. The molecule has 2 heterocycles. The Morgan fingerprint density at radius 1 is 0.731 bits per heavy atom. The quantitative estimate of drug-likeness (QED) is 0.539. The number of aryl methyl sites for hydroxylation is 2. The van der Waals surface area contributed by atoms with Crippen LogP contribution < -0.4 is 9.47 Å². The topological polar surface area (TPSA) is 52.6 Å². The molecule has 0 spiro atoms. The maximum Gasteiger partial charge on any atom is 0.316 e. The van der Waals surface area contributed by atoms with Gasteiger partial charge in [0.2, 0.25) is 0 Å². The number of ether oxygens (including phenoxy) is 2. The van der Waals surface area contributed by atoms with Gasteiger partial charge < -0.3 is 9.47 Å². The summed E-state index contributed by atoms with van der Waals surface area (Å²) in [7, 11) is 0. The van der Waals surface area contributed by atoms with Crippen LogP contribution >= 0.6 is 0 Å². The van der Waals surface area contributed by atoms with Crippen molar-refractivity contribution in [3.8, 4) is 11.5 Å². The molecule has 3 aliphatic rings. The molecular weight excluding hydrogens is 328 g/mol. The van der Waals surface area contributed by atoms with Crippen LogP contribution in [0.3, 0.4) is 0 Å². The van der Waals surface area contributed by atoms with Gasteiger partial charge in [-0.1, -0.05) is 49.2 Å². The van der Waals surface area contributed by atoms with Crippen molar-refractivity contribution in [2.24, 2.45) is 11.8 Å². The summed E-state index contributed by atoms with van der Waals surface area (Å²) in [5.41, 5.74) is 3.19. The fourth-order valence-corrected chi connectivity index (χ4v) is 5.48. The molecule has 1 aliphatic carbocycles. The van der Waals surface area contributed by atoms with Gasteiger partial charge in [0.05, 0.1) is 11.8 Å². The molecular formula is C22H20O4. The summed E-state index contributed by atoms with van der Waals surface area (Å²) in [6.45, 7) is 8.25. The van der Waals surface area contributed by atoms with E-state index in [4.69, 9.17) is 9.47 Å². The smallest absolute Gasteiger partial charge is 0.316 e. The molecule has 2 aromatic rings. The van der Waals surface area contributed by atoms with Crippen molar-refractivity contribution in [1.29, 1.82) is 0 Å². The van der Waals surface area contributed by atoms with Gasteiger partial charge in [-0.2, -0.15) is 0 Å². The van der Waals surface area contributed by atoms with Crippen LogP contribution in [0.25, 0.3) is 0 Å². The SMILES string of the molecule is Cc1ccc2c(c1)[C@@]1(C)[C@@H](C(=O)O2)[C@H]2C(=O)Oc3ccc(C)cc3[C@]21C. The van der Waals surface area contributed by atoms with Crippen molar-refractivity contribution >= 4 is 11.9 Å². The first kappa shape index (κ1) is 15.6. The van der Waals surface area contributed by atoms with Gasteiger partial charge in [-0.15, -0.1) is 0 Å². The Hall–Kier alpha value is -2.62. The maximum absolute atomic E-state index is 12.8. The Balaban J connectivity index is 1.83. The van der Waals surface area contributed by atoms with Crippen LogP contribution in [-0.4, -0.2) is 11.9 Å². The Morgan fingerprint density at radius 3 is 1.50 bits per heavy atom. The summed E-state index contributed by atoms with van der Waals surface area (Å²) < 4.78 is 11.2. The highest BCUT2D eigenvalue weighted by atomic mass is 16.5. The molecule has 5 rings (SSSR count). The average Bonchev–Trinajstić information content (AvgIpc) is 2.59. The van der Waals surface area contributed by atoms with E-state index >= 15 is 0 Å². The van der Waals surface area contributed by atoms with Gasteiger partial charge in [-0.05, 0) is 26.0 Å². The highest BCUT2D eigenvalue weighted by Crippen LogP contribution is 2.71. The first-order chi connectivity index (χ1) is 12.3. The molecule has 2 aromatic carbocycles. The van der Waals surface area contributed by atoms with Crippen molar-refractivity contribution in [3.63, 3.8) is 0 Å².